The molecule has 2 aromatic carbocycles. The van der Waals surface area contributed by atoms with Crippen LogP contribution in [0.3, 0.4) is 0 Å². The van der Waals surface area contributed by atoms with E-state index in [4.69, 9.17) is 5.53 Å². The number of aromatic amines is 1. The molecule has 2 fully saturated rings. The van der Waals surface area contributed by atoms with Gasteiger partial charge in [-0.2, -0.15) is 13.2 Å². The molecule has 38 heavy (non-hydrogen) atoms. The number of carbonyl (C=O) groups is 1. The highest BCUT2D eigenvalue weighted by atomic mass is 32.2. The number of amides is 1. The molecule has 200 valence electrons. The van der Waals surface area contributed by atoms with Gasteiger partial charge in [-0.1, -0.05) is 29.4 Å². The Morgan fingerprint density at radius 2 is 1.87 bits per heavy atom. The minimum atomic E-state index is -4.58. The van der Waals surface area contributed by atoms with Crippen molar-refractivity contribution < 1.29 is 26.4 Å². The predicted octanol–water partition coefficient (Wildman–Crippen LogP) is 5.22. The molecule has 1 amide bonds. The van der Waals surface area contributed by atoms with Gasteiger partial charge >= 0.3 is 6.18 Å². The van der Waals surface area contributed by atoms with Crippen molar-refractivity contribution in [1.82, 2.24) is 14.9 Å². The number of imidazole rings is 1. The SMILES string of the molecule is [N-]=[N+]=N[C@H]1CC[C@H](N2CCC(c3nc4c(C(F)(F)F)cccc4[nH]3)C2=O)[C@@H](CS(=O)(=O)c2ccccc2)C1. The van der Waals surface area contributed by atoms with Crippen LogP contribution >= 0.6 is 0 Å². The highest BCUT2D eigenvalue weighted by molar-refractivity contribution is 7.91. The van der Waals surface area contributed by atoms with E-state index in [1.807, 2.05) is 0 Å². The summed E-state index contributed by atoms with van der Waals surface area (Å²) in [5.74, 6) is -1.58. The molecule has 2 aliphatic rings. The number of carbonyl (C=O) groups excluding carboxylic acids is 1. The molecule has 9 nitrogen and oxygen atoms in total. The van der Waals surface area contributed by atoms with E-state index in [0.717, 1.165) is 6.07 Å². The molecule has 1 saturated carbocycles. The zero-order chi connectivity index (χ0) is 27.1. The minimum absolute atomic E-state index is 0.167. The lowest BCUT2D eigenvalue weighted by atomic mass is 9.82. The van der Waals surface area contributed by atoms with Gasteiger partial charge < -0.3 is 9.88 Å². The number of benzene rings is 2. The van der Waals surface area contributed by atoms with Crippen LogP contribution in [0.4, 0.5) is 13.2 Å². The summed E-state index contributed by atoms with van der Waals surface area (Å²) >= 11 is 0. The number of azide groups is 1. The number of nitrogens with one attached hydrogen (secondary N) is 1. The standard InChI is InChI=1S/C25H25F3N6O3S/c26-25(27,28)19-7-4-8-20-22(19)31-23(30-20)18-11-12-34(24(18)35)21-10-9-16(32-33-29)13-15(21)14-38(36,37)17-5-2-1-3-6-17/h1-8,15-16,18,21H,9-14H2,(H,30,31)/t15-,16+,18?,21+/m1/s1. The Labute approximate surface area is 216 Å². The van der Waals surface area contributed by atoms with Gasteiger partial charge in [-0.25, -0.2) is 13.4 Å². The fourth-order valence-electron chi connectivity index (χ4n) is 5.73. The summed E-state index contributed by atoms with van der Waals surface area (Å²) in [6.07, 6.45) is -2.97. The predicted molar refractivity (Wildman–Crippen MR) is 133 cm³/mol. The summed E-state index contributed by atoms with van der Waals surface area (Å²) in [7, 11) is -3.68. The Hall–Kier alpha value is -3.57. The largest absolute Gasteiger partial charge is 0.418 e. The van der Waals surface area contributed by atoms with E-state index in [0.29, 0.717) is 32.2 Å². The fraction of sp³-hybridized carbons (Fsp3) is 0.440. The number of hydrogen-bond acceptors (Lipinski definition) is 5. The number of aromatic nitrogens is 2. The Balaban J connectivity index is 1.41. The molecule has 0 radical (unpaired) electrons. The Morgan fingerprint density at radius 1 is 1.11 bits per heavy atom. The molecule has 1 N–H and O–H groups in total. The molecule has 0 bridgehead atoms. The van der Waals surface area contributed by atoms with Crippen molar-refractivity contribution in [3.05, 3.63) is 70.4 Å². The number of rotatable bonds is 6. The molecule has 13 heteroatoms. The summed E-state index contributed by atoms with van der Waals surface area (Å²) < 4.78 is 66.8. The smallest absolute Gasteiger partial charge is 0.341 e. The van der Waals surface area contributed by atoms with Gasteiger partial charge in [0.05, 0.1) is 27.6 Å². The fourth-order valence-corrected chi connectivity index (χ4v) is 7.41. The topological polar surface area (TPSA) is 132 Å². The second-order valence-corrected chi connectivity index (χ2v) is 11.8. The van der Waals surface area contributed by atoms with Gasteiger partial charge in [0, 0.05) is 23.5 Å². The molecule has 1 aliphatic carbocycles. The maximum atomic E-state index is 13.6. The molecule has 1 unspecified atom stereocenters. The molecule has 1 saturated heterocycles. The lowest BCUT2D eigenvalue weighted by Gasteiger charge is -2.40. The lowest BCUT2D eigenvalue weighted by Crippen LogP contribution is -2.48. The zero-order valence-corrected chi connectivity index (χ0v) is 21.0. The third-order valence-corrected chi connectivity index (χ3v) is 9.33. The van der Waals surface area contributed by atoms with Crippen LogP contribution in [0.15, 0.2) is 58.5 Å². The van der Waals surface area contributed by atoms with E-state index in [1.54, 1.807) is 23.1 Å². The molecule has 0 spiro atoms. The Bertz CT molecular complexity index is 1500. The van der Waals surface area contributed by atoms with Gasteiger partial charge in [-0.05, 0) is 61.4 Å². The molecule has 5 rings (SSSR count). The van der Waals surface area contributed by atoms with Gasteiger partial charge in [0.15, 0.2) is 9.84 Å². The highest BCUT2D eigenvalue weighted by Crippen LogP contribution is 2.39. The number of fused-ring (bicyclic) bond motifs is 1. The first kappa shape index (κ1) is 26.1. The number of para-hydroxylation sites is 1. The van der Waals surface area contributed by atoms with E-state index in [1.165, 1.54) is 24.3 Å². The van der Waals surface area contributed by atoms with Crippen LogP contribution in [0, 0.1) is 5.92 Å². The van der Waals surface area contributed by atoms with E-state index < -0.39 is 39.5 Å². The van der Waals surface area contributed by atoms with Crippen molar-refractivity contribution in [2.45, 2.75) is 54.8 Å². The summed E-state index contributed by atoms with van der Waals surface area (Å²) in [4.78, 5) is 25.3. The molecular formula is C25H25F3N6O3S. The quantitative estimate of drug-likeness (QED) is 0.258. The monoisotopic (exact) mass is 546 g/mol. The molecule has 1 aliphatic heterocycles. The van der Waals surface area contributed by atoms with Crippen molar-refractivity contribution in [2.24, 2.45) is 11.0 Å². The van der Waals surface area contributed by atoms with Gasteiger partial charge in [0.2, 0.25) is 5.91 Å². The van der Waals surface area contributed by atoms with Crippen molar-refractivity contribution in [2.75, 3.05) is 12.3 Å². The molecule has 1 aromatic heterocycles. The summed E-state index contributed by atoms with van der Waals surface area (Å²) in [5.41, 5.74) is 8.01. The number of hydrogen-bond donors (Lipinski definition) is 1. The molecule has 3 aromatic rings. The highest BCUT2D eigenvalue weighted by Gasteiger charge is 2.44. The van der Waals surface area contributed by atoms with Crippen LogP contribution < -0.4 is 0 Å². The van der Waals surface area contributed by atoms with Crippen LogP contribution in [0.1, 0.15) is 43.0 Å². The van der Waals surface area contributed by atoms with Crippen molar-refractivity contribution in [1.29, 1.82) is 0 Å². The van der Waals surface area contributed by atoms with Crippen LogP contribution in [0.25, 0.3) is 21.5 Å². The molecule has 4 atom stereocenters. The van der Waals surface area contributed by atoms with E-state index in [-0.39, 0.29) is 39.5 Å². The van der Waals surface area contributed by atoms with E-state index in [2.05, 4.69) is 20.0 Å². The number of sulfone groups is 1. The van der Waals surface area contributed by atoms with E-state index >= 15 is 0 Å². The van der Waals surface area contributed by atoms with Gasteiger partial charge in [0.25, 0.3) is 0 Å². The summed E-state index contributed by atoms with van der Waals surface area (Å²) in [6, 6.07) is 11.0. The molecule has 2 heterocycles. The first-order valence-electron chi connectivity index (χ1n) is 12.3. The Kier molecular flexibility index (Phi) is 6.83. The third-order valence-electron chi connectivity index (χ3n) is 7.47. The Morgan fingerprint density at radius 3 is 2.58 bits per heavy atom. The lowest BCUT2D eigenvalue weighted by molar-refractivity contribution is -0.136. The van der Waals surface area contributed by atoms with Crippen molar-refractivity contribution in [3.63, 3.8) is 0 Å². The third kappa shape index (κ3) is 4.95. The number of halogens is 3. The average Bonchev–Trinajstić information content (AvgIpc) is 3.47. The van der Waals surface area contributed by atoms with Crippen LogP contribution in [0.2, 0.25) is 0 Å². The van der Waals surface area contributed by atoms with E-state index in [9.17, 15) is 26.4 Å². The first-order chi connectivity index (χ1) is 18.1. The van der Waals surface area contributed by atoms with Gasteiger partial charge in [0.1, 0.15) is 11.3 Å². The maximum absolute atomic E-state index is 13.6. The average molecular weight is 547 g/mol. The van der Waals surface area contributed by atoms with Gasteiger partial charge in [-0.15, -0.1) is 0 Å². The van der Waals surface area contributed by atoms with Crippen LogP contribution in [0.5, 0.6) is 0 Å². The zero-order valence-electron chi connectivity index (χ0n) is 20.2. The number of likely N-dealkylation sites (tertiary alicyclic amines) is 1. The molecular weight excluding hydrogens is 521 g/mol. The minimum Gasteiger partial charge on any atom is -0.341 e. The second-order valence-electron chi connectivity index (χ2n) is 9.79. The second kappa shape index (κ2) is 9.95. The number of H-pyrrole nitrogens is 1. The number of nitrogens with zero attached hydrogens (tertiary/aromatic N) is 5. The first-order valence-corrected chi connectivity index (χ1v) is 13.9. The van der Waals surface area contributed by atoms with Crippen LogP contribution in [-0.4, -0.2) is 53.6 Å². The maximum Gasteiger partial charge on any atom is 0.418 e. The summed E-state index contributed by atoms with van der Waals surface area (Å²) in [5, 5.41) is 3.81. The number of alkyl halides is 3. The normalized spacial score (nSPS) is 24.5. The van der Waals surface area contributed by atoms with Crippen molar-refractivity contribution >= 4 is 26.8 Å². The summed E-state index contributed by atoms with van der Waals surface area (Å²) in [6.45, 7) is 0.325. The van der Waals surface area contributed by atoms with Crippen molar-refractivity contribution in [3.8, 4) is 0 Å². The van der Waals surface area contributed by atoms with Gasteiger partial charge in [-0.3, -0.25) is 4.79 Å². The van der Waals surface area contributed by atoms with Crippen LogP contribution in [-0.2, 0) is 20.8 Å².